The number of hydrogen-bond acceptors (Lipinski definition) is 4. The van der Waals surface area contributed by atoms with Crippen LogP contribution < -0.4 is 5.32 Å². The van der Waals surface area contributed by atoms with Crippen LogP contribution in [-0.4, -0.2) is 41.9 Å². The highest BCUT2D eigenvalue weighted by Gasteiger charge is 2.32. The van der Waals surface area contributed by atoms with E-state index in [1.165, 1.54) is 7.11 Å². The molecule has 0 radical (unpaired) electrons. The lowest BCUT2D eigenvalue weighted by Gasteiger charge is -2.34. The number of amides is 2. The summed E-state index contributed by atoms with van der Waals surface area (Å²) in [4.78, 5) is 31.6. The van der Waals surface area contributed by atoms with E-state index >= 15 is 0 Å². The van der Waals surface area contributed by atoms with Crippen molar-refractivity contribution in [2.24, 2.45) is 5.92 Å². The molecule has 1 aliphatic heterocycles. The number of rotatable bonds is 5. The summed E-state index contributed by atoms with van der Waals surface area (Å²) in [5, 5.41) is 2.87. The Labute approximate surface area is 159 Å². The molecule has 1 aromatic heterocycles. The fourth-order valence-electron chi connectivity index (χ4n) is 3.41. The number of anilines is 1. The van der Waals surface area contributed by atoms with Crippen molar-refractivity contribution in [3.05, 3.63) is 59.8 Å². The van der Waals surface area contributed by atoms with Crippen molar-refractivity contribution in [1.82, 2.24) is 9.88 Å². The molecule has 0 unspecified atom stereocenters. The highest BCUT2D eigenvalue weighted by Crippen LogP contribution is 2.24. The third kappa shape index (κ3) is 4.71. The minimum absolute atomic E-state index is 0.0979. The summed E-state index contributed by atoms with van der Waals surface area (Å²) in [6, 6.07) is 14.9. The first-order chi connectivity index (χ1) is 13.1. The summed E-state index contributed by atoms with van der Waals surface area (Å²) in [6.45, 7) is 2.91. The van der Waals surface area contributed by atoms with E-state index in [1.807, 2.05) is 49.4 Å². The summed E-state index contributed by atoms with van der Waals surface area (Å²) in [5.74, 6) is 0.0925. The van der Waals surface area contributed by atoms with E-state index in [0.29, 0.717) is 18.9 Å². The van der Waals surface area contributed by atoms with E-state index in [4.69, 9.17) is 4.74 Å². The predicted molar refractivity (Wildman–Crippen MR) is 103 cm³/mol. The molecule has 0 bridgehead atoms. The van der Waals surface area contributed by atoms with Gasteiger partial charge in [-0.05, 0) is 37.5 Å². The Hall–Kier alpha value is -2.73. The van der Waals surface area contributed by atoms with Gasteiger partial charge in [-0.15, -0.1) is 0 Å². The minimum atomic E-state index is -0.647. The number of benzene rings is 1. The SMILES string of the molecule is CO[C@H](C(=O)N1CCC[C@H](C(=O)Nc2cccc(C)n2)C1)c1ccccc1. The molecule has 1 aliphatic rings. The number of methoxy groups -OCH3 is 1. The Bertz CT molecular complexity index is 794. The molecule has 1 N–H and O–H groups in total. The quantitative estimate of drug-likeness (QED) is 0.882. The van der Waals surface area contributed by atoms with Gasteiger partial charge in [0, 0.05) is 25.9 Å². The molecule has 0 aliphatic carbocycles. The smallest absolute Gasteiger partial charge is 0.256 e. The number of pyridine rings is 1. The van der Waals surface area contributed by atoms with Gasteiger partial charge in [0.15, 0.2) is 6.10 Å². The fourth-order valence-corrected chi connectivity index (χ4v) is 3.41. The van der Waals surface area contributed by atoms with E-state index in [1.54, 1.807) is 11.0 Å². The van der Waals surface area contributed by atoms with Crippen molar-refractivity contribution >= 4 is 17.6 Å². The Morgan fingerprint density at radius 1 is 1.19 bits per heavy atom. The second kappa shape index (κ2) is 8.77. The van der Waals surface area contributed by atoms with Gasteiger partial charge in [-0.3, -0.25) is 9.59 Å². The molecule has 142 valence electrons. The molecule has 2 atom stereocenters. The third-order valence-corrected chi connectivity index (χ3v) is 4.81. The molecule has 3 rings (SSSR count). The summed E-state index contributed by atoms with van der Waals surface area (Å²) in [5.41, 5.74) is 1.67. The summed E-state index contributed by atoms with van der Waals surface area (Å²) in [6.07, 6.45) is 0.896. The topological polar surface area (TPSA) is 71.5 Å². The zero-order chi connectivity index (χ0) is 19.2. The number of nitrogens with zero attached hydrogens (tertiary/aromatic N) is 2. The van der Waals surface area contributed by atoms with Gasteiger partial charge in [-0.2, -0.15) is 0 Å². The maximum Gasteiger partial charge on any atom is 0.256 e. The molecular weight excluding hydrogens is 342 g/mol. The number of ether oxygens (including phenoxy) is 1. The van der Waals surface area contributed by atoms with Gasteiger partial charge in [0.2, 0.25) is 5.91 Å². The van der Waals surface area contributed by atoms with Crippen molar-refractivity contribution < 1.29 is 14.3 Å². The van der Waals surface area contributed by atoms with Crippen LogP contribution in [0.5, 0.6) is 0 Å². The zero-order valence-corrected chi connectivity index (χ0v) is 15.7. The number of piperidine rings is 1. The van der Waals surface area contributed by atoms with Gasteiger partial charge >= 0.3 is 0 Å². The molecule has 2 heterocycles. The predicted octanol–water partition coefficient (Wildman–Crippen LogP) is 2.95. The number of carbonyl (C=O) groups is 2. The first kappa shape index (κ1) is 19.0. The summed E-state index contributed by atoms with van der Waals surface area (Å²) in [7, 11) is 1.53. The molecule has 1 fully saturated rings. The largest absolute Gasteiger partial charge is 0.367 e. The van der Waals surface area contributed by atoms with Crippen molar-refractivity contribution in [1.29, 1.82) is 0 Å². The average molecular weight is 367 g/mol. The lowest BCUT2D eigenvalue weighted by Crippen LogP contribution is -2.45. The Kier molecular flexibility index (Phi) is 6.19. The van der Waals surface area contributed by atoms with Crippen molar-refractivity contribution in [3.8, 4) is 0 Å². The summed E-state index contributed by atoms with van der Waals surface area (Å²) < 4.78 is 5.45. The standard InChI is InChI=1S/C21H25N3O3/c1-15-8-6-12-18(22-15)23-20(25)17-11-7-13-24(14-17)21(26)19(27-2)16-9-4-3-5-10-16/h3-6,8-10,12,17,19H,7,11,13-14H2,1-2H3,(H,22,23,25)/t17-,19-/m0/s1. The van der Waals surface area contributed by atoms with E-state index in [2.05, 4.69) is 10.3 Å². The highest BCUT2D eigenvalue weighted by molar-refractivity contribution is 5.92. The minimum Gasteiger partial charge on any atom is -0.367 e. The van der Waals surface area contributed by atoms with Gasteiger partial charge in [-0.1, -0.05) is 36.4 Å². The molecule has 0 spiro atoms. The number of aryl methyl sites for hydroxylation is 1. The number of carbonyl (C=O) groups excluding carboxylic acids is 2. The van der Waals surface area contributed by atoms with Crippen LogP contribution >= 0.6 is 0 Å². The molecule has 0 saturated carbocycles. The van der Waals surface area contributed by atoms with Crippen molar-refractivity contribution in [3.63, 3.8) is 0 Å². The maximum absolute atomic E-state index is 13.0. The normalized spacial score (nSPS) is 18.0. The zero-order valence-electron chi connectivity index (χ0n) is 15.7. The second-order valence-corrected chi connectivity index (χ2v) is 6.80. The number of aromatic nitrogens is 1. The van der Waals surface area contributed by atoms with Crippen molar-refractivity contribution in [2.75, 3.05) is 25.5 Å². The van der Waals surface area contributed by atoms with E-state index in [0.717, 1.165) is 24.1 Å². The summed E-state index contributed by atoms with van der Waals surface area (Å²) >= 11 is 0. The molecule has 6 nitrogen and oxygen atoms in total. The van der Waals surface area contributed by atoms with Crippen LogP contribution in [0.3, 0.4) is 0 Å². The number of likely N-dealkylation sites (tertiary alicyclic amines) is 1. The van der Waals surface area contributed by atoms with E-state index in [9.17, 15) is 9.59 Å². The highest BCUT2D eigenvalue weighted by atomic mass is 16.5. The Morgan fingerprint density at radius 3 is 2.67 bits per heavy atom. The van der Waals surface area contributed by atoms with Crippen LogP contribution in [0, 0.1) is 12.8 Å². The van der Waals surface area contributed by atoms with E-state index < -0.39 is 6.10 Å². The fraction of sp³-hybridized carbons (Fsp3) is 0.381. The molecular formula is C21H25N3O3. The monoisotopic (exact) mass is 367 g/mol. The van der Waals surface area contributed by atoms with Crippen LogP contribution in [0.1, 0.15) is 30.2 Å². The van der Waals surface area contributed by atoms with Gasteiger partial charge < -0.3 is 15.0 Å². The lowest BCUT2D eigenvalue weighted by atomic mass is 9.96. The number of nitrogens with one attached hydrogen (secondary N) is 1. The molecule has 1 aromatic carbocycles. The second-order valence-electron chi connectivity index (χ2n) is 6.80. The van der Waals surface area contributed by atoms with Crippen LogP contribution in [0.2, 0.25) is 0 Å². The van der Waals surface area contributed by atoms with Crippen LogP contribution in [0.25, 0.3) is 0 Å². The number of hydrogen-bond donors (Lipinski definition) is 1. The van der Waals surface area contributed by atoms with Gasteiger partial charge in [0.05, 0.1) is 5.92 Å². The lowest BCUT2D eigenvalue weighted by molar-refractivity contribution is -0.145. The van der Waals surface area contributed by atoms with Crippen LogP contribution in [0.15, 0.2) is 48.5 Å². The molecule has 27 heavy (non-hydrogen) atoms. The Balaban J connectivity index is 1.66. The first-order valence-electron chi connectivity index (χ1n) is 9.19. The Morgan fingerprint density at radius 2 is 1.96 bits per heavy atom. The van der Waals surface area contributed by atoms with Gasteiger partial charge in [-0.25, -0.2) is 4.98 Å². The van der Waals surface area contributed by atoms with E-state index in [-0.39, 0.29) is 17.7 Å². The van der Waals surface area contributed by atoms with Gasteiger partial charge in [0.25, 0.3) is 5.91 Å². The first-order valence-corrected chi connectivity index (χ1v) is 9.19. The molecule has 1 saturated heterocycles. The van der Waals surface area contributed by atoms with Crippen LogP contribution in [-0.2, 0) is 14.3 Å². The van der Waals surface area contributed by atoms with Gasteiger partial charge in [0.1, 0.15) is 5.82 Å². The molecule has 6 heteroatoms. The molecule has 2 amide bonds. The maximum atomic E-state index is 13.0. The van der Waals surface area contributed by atoms with Crippen molar-refractivity contribution in [2.45, 2.75) is 25.9 Å². The molecule has 2 aromatic rings. The third-order valence-electron chi connectivity index (χ3n) is 4.81. The van der Waals surface area contributed by atoms with Crippen LogP contribution in [0.4, 0.5) is 5.82 Å². The average Bonchev–Trinajstić information content (AvgIpc) is 2.69.